The fourth-order valence-electron chi connectivity index (χ4n) is 3.70. The number of hydrogen-bond donors (Lipinski definition) is 0. The maximum atomic E-state index is 13.0. The average Bonchev–Trinajstić information content (AvgIpc) is 3.39. The largest absolute Gasteiger partial charge is 0.308 e. The van der Waals surface area contributed by atoms with Crippen molar-refractivity contribution in [1.82, 2.24) is 28.6 Å². The van der Waals surface area contributed by atoms with Crippen LogP contribution in [0.4, 0.5) is 0 Å². The average molecular weight is 388 g/mol. The van der Waals surface area contributed by atoms with Crippen molar-refractivity contribution in [2.45, 2.75) is 50.6 Å². The molecule has 0 N–H and O–H groups in total. The van der Waals surface area contributed by atoms with Gasteiger partial charge in [-0.2, -0.15) is 9.40 Å². The van der Waals surface area contributed by atoms with Crippen LogP contribution in [0.1, 0.15) is 38.6 Å². The lowest BCUT2D eigenvalue weighted by atomic mass is 10.2. The Hall–Kier alpha value is -2.26. The van der Waals surface area contributed by atoms with Gasteiger partial charge >= 0.3 is 0 Å². The highest BCUT2D eigenvalue weighted by Gasteiger charge is 2.35. The second-order valence-corrected chi connectivity index (χ2v) is 8.77. The molecule has 0 saturated carbocycles. The molecule has 0 spiro atoms. The van der Waals surface area contributed by atoms with Gasteiger partial charge < -0.3 is 4.57 Å². The fraction of sp³-hybridized carbons (Fsp3) is 0.500. The summed E-state index contributed by atoms with van der Waals surface area (Å²) >= 11 is 0. The molecule has 4 heterocycles. The summed E-state index contributed by atoms with van der Waals surface area (Å²) in [5.74, 6) is 0.981. The molecule has 144 valence electrons. The quantitative estimate of drug-likeness (QED) is 0.646. The molecule has 3 aromatic rings. The fourth-order valence-corrected chi connectivity index (χ4v) is 5.15. The molecule has 8 nitrogen and oxygen atoms in total. The Balaban J connectivity index is 1.65. The number of aryl methyl sites for hydroxylation is 2. The summed E-state index contributed by atoms with van der Waals surface area (Å²) in [6.45, 7) is 5.61. The molecule has 0 aliphatic carbocycles. The number of fused-ring (bicyclic) bond motifs is 1. The highest BCUT2D eigenvalue weighted by molar-refractivity contribution is 7.89. The van der Waals surface area contributed by atoms with Crippen LogP contribution < -0.4 is 0 Å². The summed E-state index contributed by atoms with van der Waals surface area (Å²) in [4.78, 5) is 9.49. The predicted molar refractivity (Wildman–Crippen MR) is 102 cm³/mol. The molecule has 3 aromatic heterocycles. The van der Waals surface area contributed by atoms with Gasteiger partial charge in [0.1, 0.15) is 16.2 Å². The zero-order valence-corrected chi connectivity index (χ0v) is 16.4. The topological polar surface area (TPSA) is 85.9 Å². The van der Waals surface area contributed by atoms with Crippen molar-refractivity contribution >= 4 is 21.2 Å². The van der Waals surface area contributed by atoms with E-state index in [4.69, 9.17) is 4.98 Å². The van der Waals surface area contributed by atoms with Gasteiger partial charge in [-0.3, -0.25) is 4.68 Å². The molecule has 1 atom stereocenters. The molecule has 1 saturated heterocycles. The number of hydrogen-bond acceptors (Lipinski definition) is 5. The summed E-state index contributed by atoms with van der Waals surface area (Å²) < 4.78 is 31.3. The van der Waals surface area contributed by atoms with E-state index in [9.17, 15) is 8.42 Å². The molecule has 1 aliphatic rings. The third kappa shape index (κ3) is 3.14. The maximum Gasteiger partial charge on any atom is 0.246 e. The molecule has 0 bridgehead atoms. The van der Waals surface area contributed by atoms with E-state index in [0.717, 1.165) is 36.3 Å². The van der Waals surface area contributed by atoms with E-state index in [1.807, 2.05) is 19.1 Å². The van der Waals surface area contributed by atoms with E-state index in [0.29, 0.717) is 19.6 Å². The molecule has 1 aliphatic heterocycles. The van der Waals surface area contributed by atoms with Crippen molar-refractivity contribution in [3.63, 3.8) is 0 Å². The first kappa shape index (κ1) is 18.1. The number of aromatic nitrogens is 5. The maximum absolute atomic E-state index is 13.0. The van der Waals surface area contributed by atoms with Gasteiger partial charge in [0.05, 0.1) is 12.2 Å². The monoisotopic (exact) mass is 388 g/mol. The van der Waals surface area contributed by atoms with Crippen LogP contribution in [0.15, 0.2) is 35.6 Å². The zero-order valence-electron chi connectivity index (χ0n) is 15.6. The second kappa shape index (κ2) is 7.05. The number of nitrogens with zero attached hydrogens (tertiary/aromatic N) is 6. The minimum absolute atomic E-state index is 0.0439. The van der Waals surface area contributed by atoms with E-state index in [1.165, 1.54) is 6.20 Å². The first-order valence-electron chi connectivity index (χ1n) is 9.39. The van der Waals surface area contributed by atoms with E-state index >= 15 is 0 Å². The molecule has 4 rings (SSSR count). The second-order valence-electron chi connectivity index (χ2n) is 6.83. The summed E-state index contributed by atoms with van der Waals surface area (Å²) in [6.07, 6.45) is 7.37. The van der Waals surface area contributed by atoms with Crippen LogP contribution in [-0.2, 0) is 23.0 Å². The molecular formula is C18H24N6O2S. The molecule has 9 heteroatoms. The van der Waals surface area contributed by atoms with E-state index in [1.54, 1.807) is 21.4 Å². The zero-order chi connectivity index (χ0) is 19.0. The van der Waals surface area contributed by atoms with Crippen molar-refractivity contribution in [2.75, 3.05) is 13.1 Å². The number of pyridine rings is 1. The van der Waals surface area contributed by atoms with Gasteiger partial charge in [0.25, 0.3) is 0 Å². The standard InChI is InChI=1S/C18H24N6O2S/c1-3-6-17-21-16-7-5-9-19-18(16)24(17)14-8-10-23(12-14)27(25,26)15-11-20-22(4-2)13-15/h5,7,9,11,13-14H,3-4,6,8,10,12H2,1-2H3/t14-/m0/s1. The van der Waals surface area contributed by atoms with Gasteiger partial charge in [0.15, 0.2) is 5.65 Å². The van der Waals surface area contributed by atoms with Gasteiger partial charge in [0.2, 0.25) is 10.0 Å². The molecule has 0 aromatic carbocycles. The lowest BCUT2D eigenvalue weighted by Crippen LogP contribution is -2.29. The SMILES string of the molecule is CCCc1nc2cccnc2n1[C@H]1CCN(S(=O)(=O)c2cnn(CC)c2)C1. The van der Waals surface area contributed by atoms with Gasteiger partial charge in [-0.25, -0.2) is 18.4 Å². The lowest BCUT2D eigenvalue weighted by molar-refractivity contribution is 0.449. The summed E-state index contributed by atoms with van der Waals surface area (Å²) in [6, 6.07) is 3.88. The molecule has 1 fully saturated rings. The van der Waals surface area contributed by atoms with E-state index < -0.39 is 10.0 Å². The minimum Gasteiger partial charge on any atom is -0.308 e. The third-order valence-corrected chi connectivity index (χ3v) is 6.88. The molecule has 27 heavy (non-hydrogen) atoms. The Morgan fingerprint density at radius 1 is 1.30 bits per heavy atom. The van der Waals surface area contributed by atoms with Crippen LogP contribution in [0.5, 0.6) is 0 Å². The van der Waals surface area contributed by atoms with Crippen molar-refractivity contribution in [2.24, 2.45) is 0 Å². The van der Waals surface area contributed by atoms with Gasteiger partial charge in [-0.1, -0.05) is 6.92 Å². The molecule has 0 radical (unpaired) electrons. The molecular weight excluding hydrogens is 364 g/mol. The Bertz CT molecular complexity index is 1050. The molecule has 0 amide bonds. The Labute approximate surface area is 158 Å². The van der Waals surface area contributed by atoms with Gasteiger partial charge in [-0.05, 0) is 31.9 Å². The number of sulfonamides is 1. The Kier molecular flexibility index (Phi) is 4.73. The Morgan fingerprint density at radius 3 is 2.89 bits per heavy atom. The van der Waals surface area contributed by atoms with Crippen molar-refractivity contribution < 1.29 is 8.42 Å². The van der Waals surface area contributed by atoms with E-state index in [-0.39, 0.29) is 10.9 Å². The van der Waals surface area contributed by atoms with Gasteiger partial charge in [-0.15, -0.1) is 0 Å². The van der Waals surface area contributed by atoms with Crippen LogP contribution in [0, 0.1) is 0 Å². The van der Waals surface area contributed by atoms with Crippen LogP contribution in [0.3, 0.4) is 0 Å². The van der Waals surface area contributed by atoms with Crippen LogP contribution >= 0.6 is 0 Å². The third-order valence-electron chi connectivity index (χ3n) is 5.06. The smallest absolute Gasteiger partial charge is 0.246 e. The summed E-state index contributed by atoms with van der Waals surface area (Å²) in [5, 5.41) is 4.11. The summed E-state index contributed by atoms with van der Waals surface area (Å²) in [7, 11) is -3.53. The van der Waals surface area contributed by atoms with Crippen molar-refractivity contribution in [3.05, 3.63) is 36.5 Å². The lowest BCUT2D eigenvalue weighted by Gasteiger charge is -2.18. The highest BCUT2D eigenvalue weighted by Crippen LogP contribution is 2.31. The first-order valence-corrected chi connectivity index (χ1v) is 10.8. The highest BCUT2D eigenvalue weighted by atomic mass is 32.2. The summed E-state index contributed by atoms with van der Waals surface area (Å²) in [5.41, 5.74) is 1.70. The van der Waals surface area contributed by atoms with Crippen LogP contribution in [-0.4, -0.2) is 50.1 Å². The number of imidazole rings is 1. The Morgan fingerprint density at radius 2 is 2.15 bits per heavy atom. The van der Waals surface area contributed by atoms with Crippen LogP contribution in [0.25, 0.3) is 11.2 Å². The predicted octanol–water partition coefficient (Wildman–Crippen LogP) is 2.24. The van der Waals surface area contributed by atoms with Gasteiger partial charge in [0, 0.05) is 38.4 Å². The number of rotatable bonds is 6. The molecule has 0 unspecified atom stereocenters. The van der Waals surface area contributed by atoms with E-state index in [2.05, 4.69) is 21.6 Å². The van der Waals surface area contributed by atoms with Crippen molar-refractivity contribution in [3.8, 4) is 0 Å². The van der Waals surface area contributed by atoms with Crippen LogP contribution in [0.2, 0.25) is 0 Å². The normalized spacial score (nSPS) is 18.5. The first-order chi connectivity index (χ1) is 13.0. The van der Waals surface area contributed by atoms with Crippen molar-refractivity contribution in [1.29, 1.82) is 0 Å². The minimum atomic E-state index is -3.53.